The van der Waals surface area contributed by atoms with Gasteiger partial charge >= 0.3 is 0 Å². The number of rotatable bonds is 5. The third kappa shape index (κ3) is 3.03. The SMILES string of the molecule is COc1ccc([C@H](O)c2ccc(OC)c(N)c2)c(OC)c1. The van der Waals surface area contributed by atoms with Crippen molar-refractivity contribution in [3.63, 3.8) is 0 Å². The standard InChI is InChI=1S/C16H19NO4/c1-19-11-5-6-12(15(9-11)21-3)16(18)10-4-7-14(20-2)13(17)8-10/h4-9,16,18H,17H2,1-3H3/t16-/m1/s1. The molecule has 2 aromatic rings. The number of nitrogens with two attached hydrogens (primary N) is 1. The van der Waals surface area contributed by atoms with Gasteiger partial charge in [0.2, 0.25) is 0 Å². The van der Waals surface area contributed by atoms with Crippen LogP contribution in [0, 0.1) is 0 Å². The normalized spacial score (nSPS) is 11.8. The minimum Gasteiger partial charge on any atom is -0.497 e. The average molecular weight is 289 g/mol. The lowest BCUT2D eigenvalue weighted by atomic mass is 9.99. The molecule has 1 atom stereocenters. The molecule has 3 N–H and O–H groups in total. The smallest absolute Gasteiger partial charge is 0.141 e. The molecule has 0 spiro atoms. The summed E-state index contributed by atoms with van der Waals surface area (Å²) in [7, 11) is 4.68. The number of hydrogen-bond acceptors (Lipinski definition) is 5. The molecule has 0 aliphatic rings. The van der Waals surface area contributed by atoms with E-state index >= 15 is 0 Å². The molecule has 0 heterocycles. The summed E-state index contributed by atoms with van der Waals surface area (Å²) in [4.78, 5) is 0. The molecule has 2 rings (SSSR count). The number of aliphatic hydroxyl groups excluding tert-OH is 1. The molecule has 0 aromatic heterocycles. The van der Waals surface area contributed by atoms with Gasteiger partial charge in [-0.2, -0.15) is 0 Å². The van der Waals surface area contributed by atoms with E-state index in [0.717, 1.165) is 0 Å². The van der Waals surface area contributed by atoms with Crippen molar-refractivity contribution in [1.82, 2.24) is 0 Å². The van der Waals surface area contributed by atoms with Gasteiger partial charge in [0.05, 0.1) is 27.0 Å². The lowest BCUT2D eigenvalue weighted by Crippen LogP contribution is -2.04. The maximum absolute atomic E-state index is 10.5. The number of benzene rings is 2. The molecule has 0 radical (unpaired) electrons. The number of anilines is 1. The highest BCUT2D eigenvalue weighted by atomic mass is 16.5. The van der Waals surface area contributed by atoms with Crippen molar-refractivity contribution in [2.24, 2.45) is 0 Å². The van der Waals surface area contributed by atoms with Crippen LogP contribution in [0.25, 0.3) is 0 Å². The number of methoxy groups -OCH3 is 3. The van der Waals surface area contributed by atoms with Crippen LogP contribution < -0.4 is 19.9 Å². The van der Waals surface area contributed by atoms with Crippen molar-refractivity contribution in [2.75, 3.05) is 27.1 Å². The Morgan fingerprint density at radius 3 is 2.19 bits per heavy atom. The lowest BCUT2D eigenvalue weighted by molar-refractivity contribution is 0.214. The van der Waals surface area contributed by atoms with Crippen LogP contribution in [0.5, 0.6) is 17.2 Å². The van der Waals surface area contributed by atoms with Crippen molar-refractivity contribution in [3.05, 3.63) is 47.5 Å². The third-order valence-electron chi connectivity index (χ3n) is 3.30. The fraction of sp³-hybridized carbons (Fsp3) is 0.250. The van der Waals surface area contributed by atoms with Crippen molar-refractivity contribution in [1.29, 1.82) is 0 Å². The first kappa shape index (κ1) is 15.0. The first-order chi connectivity index (χ1) is 10.1. The zero-order chi connectivity index (χ0) is 15.4. The predicted octanol–water partition coefficient (Wildman–Crippen LogP) is 2.38. The second-order valence-corrected chi connectivity index (χ2v) is 4.51. The maximum Gasteiger partial charge on any atom is 0.141 e. The third-order valence-corrected chi connectivity index (χ3v) is 3.30. The molecule has 112 valence electrons. The average Bonchev–Trinajstić information content (AvgIpc) is 2.53. The van der Waals surface area contributed by atoms with Crippen LogP contribution in [0.1, 0.15) is 17.2 Å². The number of ether oxygens (including phenoxy) is 3. The van der Waals surface area contributed by atoms with Crippen LogP contribution in [0.2, 0.25) is 0 Å². The molecule has 0 saturated carbocycles. The molecule has 2 aromatic carbocycles. The number of hydrogen-bond donors (Lipinski definition) is 2. The summed E-state index contributed by atoms with van der Waals surface area (Å²) in [5.41, 5.74) is 7.66. The Hall–Kier alpha value is -2.40. The Balaban J connectivity index is 2.39. The van der Waals surface area contributed by atoms with Crippen molar-refractivity contribution < 1.29 is 19.3 Å². The molecule has 0 saturated heterocycles. The van der Waals surface area contributed by atoms with E-state index < -0.39 is 6.10 Å². The van der Waals surface area contributed by atoms with Crippen LogP contribution in [0.4, 0.5) is 5.69 Å². The van der Waals surface area contributed by atoms with E-state index in [1.54, 1.807) is 57.7 Å². The minimum atomic E-state index is -0.848. The largest absolute Gasteiger partial charge is 0.497 e. The maximum atomic E-state index is 10.5. The van der Waals surface area contributed by atoms with Gasteiger partial charge in [-0.1, -0.05) is 6.07 Å². The topological polar surface area (TPSA) is 73.9 Å². The molecule has 0 fully saturated rings. The van der Waals surface area contributed by atoms with Crippen LogP contribution in [0.15, 0.2) is 36.4 Å². The molecule has 5 heteroatoms. The van der Waals surface area contributed by atoms with Gasteiger partial charge in [-0.05, 0) is 29.8 Å². The molecule has 0 aliphatic heterocycles. The van der Waals surface area contributed by atoms with Crippen molar-refractivity contribution in [2.45, 2.75) is 6.10 Å². The zero-order valence-electron chi connectivity index (χ0n) is 12.3. The van der Waals surface area contributed by atoms with Crippen LogP contribution >= 0.6 is 0 Å². The summed E-state index contributed by atoms with van der Waals surface area (Å²) in [5, 5.41) is 10.5. The Bertz CT molecular complexity index is 628. The van der Waals surface area contributed by atoms with E-state index in [4.69, 9.17) is 19.9 Å². The highest BCUT2D eigenvalue weighted by Crippen LogP contribution is 2.34. The van der Waals surface area contributed by atoms with Gasteiger partial charge in [-0.3, -0.25) is 0 Å². The minimum absolute atomic E-state index is 0.474. The van der Waals surface area contributed by atoms with E-state index in [-0.39, 0.29) is 0 Å². The molecule has 0 amide bonds. The fourth-order valence-electron chi connectivity index (χ4n) is 2.15. The predicted molar refractivity (Wildman–Crippen MR) is 81.0 cm³/mol. The van der Waals surface area contributed by atoms with E-state index in [1.807, 2.05) is 0 Å². The van der Waals surface area contributed by atoms with Gasteiger partial charge in [-0.25, -0.2) is 0 Å². The molecule has 5 nitrogen and oxygen atoms in total. The van der Waals surface area contributed by atoms with Gasteiger partial charge in [0.25, 0.3) is 0 Å². The van der Waals surface area contributed by atoms with Gasteiger partial charge in [0.15, 0.2) is 0 Å². The zero-order valence-corrected chi connectivity index (χ0v) is 12.3. The molecular weight excluding hydrogens is 270 g/mol. The number of nitrogen functional groups attached to an aromatic ring is 1. The van der Waals surface area contributed by atoms with Gasteiger partial charge in [-0.15, -0.1) is 0 Å². The fourth-order valence-corrected chi connectivity index (χ4v) is 2.15. The number of aliphatic hydroxyl groups is 1. The lowest BCUT2D eigenvalue weighted by Gasteiger charge is -2.17. The summed E-state index contributed by atoms with van der Waals surface area (Å²) in [6.45, 7) is 0. The Labute approximate surface area is 123 Å². The van der Waals surface area contributed by atoms with Gasteiger partial charge in [0.1, 0.15) is 23.4 Å². The Morgan fingerprint density at radius 2 is 1.62 bits per heavy atom. The summed E-state index contributed by atoms with van der Waals surface area (Å²) in [6, 6.07) is 10.4. The second-order valence-electron chi connectivity index (χ2n) is 4.51. The molecule has 0 bridgehead atoms. The van der Waals surface area contributed by atoms with Crippen molar-refractivity contribution in [3.8, 4) is 17.2 Å². The van der Waals surface area contributed by atoms with Crippen LogP contribution in [0.3, 0.4) is 0 Å². The Kier molecular flexibility index (Phi) is 4.55. The van der Waals surface area contributed by atoms with Gasteiger partial charge < -0.3 is 25.1 Å². The van der Waals surface area contributed by atoms with E-state index in [1.165, 1.54) is 0 Å². The van der Waals surface area contributed by atoms with Crippen LogP contribution in [-0.2, 0) is 0 Å². The summed E-state index contributed by atoms with van der Waals surface area (Å²) >= 11 is 0. The highest BCUT2D eigenvalue weighted by Gasteiger charge is 2.17. The Morgan fingerprint density at radius 1 is 0.905 bits per heavy atom. The molecule has 0 unspecified atom stereocenters. The molecule has 21 heavy (non-hydrogen) atoms. The van der Waals surface area contributed by atoms with Crippen LogP contribution in [-0.4, -0.2) is 26.4 Å². The second kappa shape index (κ2) is 6.37. The van der Waals surface area contributed by atoms with E-state index in [9.17, 15) is 5.11 Å². The monoisotopic (exact) mass is 289 g/mol. The van der Waals surface area contributed by atoms with E-state index in [2.05, 4.69) is 0 Å². The quantitative estimate of drug-likeness (QED) is 0.827. The first-order valence-electron chi connectivity index (χ1n) is 6.44. The van der Waals surface area contributed by atoms with Gasteiger partial charge in [0, 0.05) is 11.6 Å². The molecule has 0 aliphatic carbocycles. The highest BCUT2D eigenvalue weighted by molar-refractivity contribution is 5.56. The van der Waals surface area contributed by atoms with Crippen molar-refractivity contribution >= 4 is 5.69 Å². The molecular formula is C16H19NO4. The summed E-state index contributed by atoms with van der Waals surface area (Å²) in [5.74, 6) is 1.79. The summed E-state index contributed by atoms with van der Waals surface area (Å²) < 4.78 is 15.6. The summed E-state index contributed by atoms with van der Waals surface area (Å²) in [6.07, 6.45) is -0.848. The first-order valence-corrected chi connectivity index (χ1v) is 6.44. The van der Waals surface area contributed by atoms with E-state index in [0.29, 0.717) is 34.1 Å².